The number of nitrogens with zero attached hydrogens (tertiary/aromatic N) is 1. The van der Waals surface area contributed by atoms with Gasteiger partial charge in [0, 0.05) is 15.1 Å². The van der Waals surface area contributed by atoms with Gasteiger partial charge in [-0.05, 0) is 57.0 Å². The highest BCUT2D eigenvalue weighted by atomic mass is 79.9. The van der Waals surface area contributed by atoms with Crippen LogP contribution in [-0.2, 0) is 0 Å². The van der Waals surface area contributed by atoms with Crippen molar-refractivity contribution in [1.82, 2.24) is 4.98 Å². The highest BCUT2D eigenvalue weighted by Gasteiger charge is 2.05. The van der Waals surface area contributed by atoms with E-state index in [0.29, 0.717) is 17.3 Å². The second-order valence-electron chi connectivity index (χ2n) is 4.30. The van der Waals surface area contributed by atoms with E-state index in [2.05, 4.69) is 42.9 Å². The van der Waals surface area contributed by atoms with Crippen LogP contribution in [0.2, 0.25) is 0 Å². The molecule has 3 nitrogen and oxygen atoms in total. The summed E-state index contributed by atoms with van der Waals surface area (Å²) in [7, 11) is 0. The van der Waals surface area contributed by atoms with Crippen molar-refractivity contribution in [3.63, 3.8) is 0 Å². The Hall–Kier alpha value is -1.59. The molecule has 2 N–H and O–H groups in total. The Morgan fingerprint density at radius 2 is 1.65 bits per heavy atom. The van der Waals surface area contributed by atoms with Crippen molar-refractivity contribution in [2.75, 3.05) is 5.73 Å². The van der Waals surface area contributed by atoms with Gasteiger partial charge in [-0.2, -0.15) is 0 Å². The predicted molar refractivity (Wildman–Crippen MR) is 88.1 cm³/mol. The minimum absolute atomic E-state index is 0.407. The van der Waals surface area contributed by atoms with Crippen LogP contribution in [0.15, 0.2) is 57.6 Å². The van der Waals surface area contributed by atoms with Gasteiger partial charge in [-0.3, -0.25) is 0 Å². The summed E-state index contributed by atoms with van der Waals surface area (Å²) >= 11 is 6.78. The molecule has 0 atom stereocenters. The maximum Gasteiger partial charge on any atom is 0.242 e. The number of hydrogen-bond acceptors (Lipinski definition) is 3. The predicted octanol–water partition coefficient (Wildman–Crippen LogP) is 5.13. The summed E-state index contributed by atoms with van der Waals surface area (Å²) in [6.07, 6.45) is 1.66. The van der Waals surface area contributed by atoms with Gasteiger partial charge in [0.1, 0.15) is 5.75 Å². The van der Waals surface area contributed by atoms with Gasteiger partial charge in [0.05, 0.1) is 5.69 Å². The quantitative estimate of drug-likeness (QED) is 0.656. The average Bonchev–Trinajstić information content (AvgIpc) is 2.42. The van der Waals surface area contributed by atoms with Crippen LogP contribution in [-0.4, -0.2) is 4.98 Å². The van der Waals surface area contributed by atoms with E-state index >= 15 is 0 Å². The molecule has 2 aromatic carbocycles. The molecule has 0 unspecified atom stereocenters. The molecule has 3 aromatic rings. The van der Waals surface area contributed by atoms with Crippen LogP contribution < -0.4 is 10.5 Å². The second kappa shape index (κ2) is 5.42. The first-order valence-corrected chi connectivity index (χ1v) is 7.48. The number of ether oxygens (including phenoxy) is 1. The van der Waals surface area contributed by atoms with Crippen molar-refractivity contribution < 1.29 is 4.74 Å². The molecule has 20 heavy (non-hydrogen) atoms. The van der Waals surface area contributed by atoms with Gasteiger partial charge in [-0.25, -0.2) is 4.98 Å². The largest absolute Gasteiger partial charge is 0.437 e. The Labute approximate surface area is 133 Å². The molecule has 0 saturated heterocycles. The Morgan fingerprint density at radius 1 is 0.900 bits per heavy atom. The van der Waals surface area contributed by atoms with E-state index in [1.54, 1.807) is 12.3 Å². The molecule has 0 saturated carbocycles. The SMILES string of the molecule is Nc1cc(Br)cnc1Oc1ccc2cc(Br)ccc2c1. The summed E-state index contributed by atoms with van der Waals surface area (Å²) in [5, 5.41) is 2.24. The van der Waals surface area contributed by atoms with Crippen LogP contribution in [0.1, 0.15) is 0 Å². The van der Waals surface area contributed by atoms with Gasteiger partial charge < -0.3 is 10.5 Å². The van der Waals surface area contributed by atoms with E-state index in [1.807, 2.05) is 30.3 Å². The number of pyridine rings is 1. The zero-order valence-electron chi connectivity index (χ0n) is 10.3. The maximum atomic E-state index is 5.88. The smallest absolute Gasteiger partial charge is 0.242 e. The number of anilines is 1. The van der Waals surface area contributed by atoms with Crippen LogP contribution in [0, 0.1) is 0 Å². The summed E-state index contributed by atoms with van der Waals surface area (Å²) in [4.78, 5) is 4.17. The van der Waals surface area contributed by atoms with Gasteiger partial charge >= 0.3 is 0 Å². The fourth-order valence-electron chi connectivity index (χ4n) is 1.90. The molecular formula is C15H10Br2N2O. The van der Waals surface area contributed by atoms with E-state index in [4.69, 9.17) is 10.5 Å². The lowest BCUT2D eigenvalue weighted by atomic mass is 10.1. The molecule has 0 amide bonds. The second-order valence-corrected chi connectivity index (χ2v) is 6.13. The summed E-state index contributed by atoms with van der Waals surface area (Å²) in [6.45, 7) is 0. The van der Waals surface area contributed by atoms with Crippen molar-refractivity contribution in [1.29, 1.82) is 0 Å². The van der Waals surface area contributed by atoms with Gasteiger partial charge in [0.25, 0.3) is 0 Å². The Kier molecular flexibility index (Phi) is 3.63. The minimum Gasteiger partial charge on any atom is -0.437 e. The molecule has 5 heteroatoms. The van der Waals surface area contributed by atoms with E-state index in [-0.39, 0.29) is 0 Å². The van der Waals surface area contributed by atoms with Crippen molar-refractivity contribution in [2.45, 2.75) is 0 Å². The van der Waals surface area contributed by atoms with Gasteiger partial charge in [-0.1, -0.05) is 28.1 Å². The third-order valence-corrected chi connectivity index (χ3v) is 3.76. The van der Waals surface area contributed by atoms with Gasteiger partial charge in [0.15, 0.2) is 0 Å². The van der Waals surface area contributed by atoms with Crippen LogP contribution >= 0.6 is 31.9 Å². The van der Waals surface area contributed by atoms with E-state index in [1.165, 1.54) is 0 Å². The lowest BCUT2D eigenvalue weighted by molar-refractivity contribution is 0.466. The number of nitrogens with two attached hydrogens (primary N) is 1. The first-order valence-electron chi connectivity index (χ1n) is 5.90. The lowest BCUT2D eigenvalue weighted by Gasteiger charge is -2.08. The number of nitrogen functional groups attached to an aromatic ring is 1. The van der Waals surface area contributed by atoms with Crippen molar-refractivity contribution >= 4 is 48.3 Å². The van der Waals surface area contributed by atoms with Crippen LogP contribution in [0.3, 0.4) is 0 Å². The highest BCUT2D eigenvalue weighted by Crippen LogP contribution is 2.30. The van der Waals surface area contributed by atoms with Gasteiger partial charge in [0.2, 0.25) is 5.88 Å². The summed E-state index contributed by atoms with van der Waals surface area (Å²) in [5.41, 5.74) is 6.37. The third kappa shape index (κ3) is 2.78. The zero-order chi connectivity index (χ0) is 14.1. The molecule has 0 aliphatic rings. The Morgan fingerprint density at radius 3 is 2.45 bits per heavy atom. The summed E-state index contributed by atoms with van der Waals surface area (Å²) in [5.74, 6) is 1.12. The van der Waals surface area contributed by atoms with E-state index in [9.17, 15) is 0 Å². The molecule has 3 rings (SSSR count). The van der Waals surface area contributed by atoms with Crippen molar-refractivity contribution in [2.24, 2.45) is 0 Å². The van der Waals surface area contributed by atoms with Crippen molar-refractivity contribution in [3.05, 3.63) is 57.6 Å². The standard InChI is InChI=1S/C15H10Br2N2O/c16-11-3-1-10-6-13(4-2-9(10)5-11)20-15-14(18)7-12(17)8-19-15/h1-8H,18H2. The first kappa shape index (κ1) is 13.4. The molecular weight excluding hydrogens is 384 g/mol. The molecule has 1 heterocycles. The fraction of sp³-hybridized carbons (Fsp3) is 0. The number of aromatic nitrogens is 1. The normalized spacial score (nSPS) is 10.7. The Bertz CT molecular complexity index is 790. The Balaban J connectivity index is 1.96. The molecule has 100 valence electrons. The molecule has 0 fully saturated rings. The molecule has 0 spiro atoms. The average molecular weight is 394 g/mol. The summed E-state index contributed by atoms with van der Waals surface area (Å²) < 4.78 is 7.61. The minimum atomic E-state index is 0.407. The zero-order valence-corrected chi connectivity index (χ0v) is 13.5. The lowest BCUT2D eigenvalue weighted by Crippen LogP contribution is -1.94. The topological polar surface area (TPSA) is 48.1 Å². The molecule has 0 radical (unpaired) electrons. The van der Waals surface area contributed by atoms with Crippen LogP contribution in [0.25, 0.3) is 10.8 Å². The van der Waals surface area contributed by atoms with E-state index in [0.717, 1.165) is 19.7 Å². The number of hydrogen-bond donors (Lipinski definition) is 1. The molecule has 1 aromatic heterocycles. The molecule has 0 bridgehead atoms. The highest BCUT2D eigenvalue weighted by molar-refractivity contribution is 9.10. The molecule has 0 aliphatic heterocycles. The molecule has 0 aliphatic carbocycles. The van der Waals surface area contributed by atoms with Gasteiger partial charge in [-0.15, -0.1) is 0 Å². The monoisotopic (exact) mass is 392 g/mol. The number of benzene rings is 2. The fourth-order valence-corrected chi connectivity index (χ4v) is 2.63. The third-order valence-electron chi connectivity index (χ3n) is 2.83. The van der Waals surface area contributed by atoms with Crippen molar-refractivity contribution in [3.8, 4) is 11.6 Å². The van der Waals surface area contributed by atoms with Crippen LogP contribution in [0.5, 0.6) is 11.6 Å². The maximum absolute atomic E-state index is 5.88. The first-order chi connectivity index (χ1) is 9.61. The number of rotatable bonds is 2. The number of fused-ring (bicyclic) bond motifs is 1. The number of halogens is 2. The van der Waals surface area contributed by atoms with E-state index < -0.39 is 0 Å². The van der Waals surface area contributed by atoms with Crippen LogP contribution in [0.4, 0.5) is 5.69 Å². The summed E-state index contributed by atoms with van der Waals surface area (Å²) in [6, 6.07) is 13.7.